The second-order valence-electron chi connectivity index (χ2n) is 5.19. The van der Waals surface area contributed by atoms with E-state index in [1.165, 1.54) is 0 Å². The zero-order chi connectivity index (χ0) is 13.3. The van der Waals surface area contributed by atoms with Gasteiger partial charge in [0.25, 0.3) is 0 Å². The highest BCUT2D eigenvalue weighted by molar-refractivity contribution is 7.99. The highest BCUT2D eigenvalue weighted by Crippen LogP contribution is 2.22. The van der Waals surface area contributed by atoms with Crippen molar-refractivity contribution >= 4 is 17.7 Å². The van der Waals surface area contributed by atoms with Gasteiger partial charge < -0.3 is 10.1 Å². The van der Waals surface area contributed by atoms with Crippen LogP contribution in [0.4, 0.5) is 0 Å². The minimum atomic E-state index is -0.111. The number of ether oxygens (including phenoxy) is 1. The van der Waals surface area contributed by atoms with Crippen LogP contribution in [0.25, 0.3) is 0 Å². The van der Waals surface area contributed by atoms with Gasteiger partial charge in [-0.2, -0.15) is 0 Å². The molecule has 0 aromatic heterocycles. The van der Waals surface area contributed by atoms with Crippen molar-refractivity contribution < 1.29 is 9.53 Å². The van der Waals surface area contributed by atoms with E-state index in [-0.39, 0.29) is 11.4 Å². The van der Waals surface area contributed by atoms with Crippen LogP contribution >= 0.6 is 11.8 Å². The summed E-state index contributed by atoms with van der Waals surface area (Å²) in [4.78, 5) is 11.2. The Morgan fingerprint density at radius 1 is 1.35 bits per heavy atom. The van der Waals surface area contributed by atoms with E-state index in [1.807, 2.05) is 6.92 Å². The smallest absolute Gasteiger partial charge is 0.315 e. The van der Waals surface area contributed by atoms with Crippen LogP contribution in [0, 0.1) is 5.41 Å². The molecule has 0 aliphatic carbocycles. The molecule has 0 aromatic carbocycles. The Labute approximate surface area is 110 Å². The third kappa shape index (κ3) is 8.50. The van der Waals surface area contributed by atoms with Crippen LogP contribution < -0.4 is 5.32 Å². The summed E-state index contributed by atoms with van der Waals surface area (Å²) in [6.07, 6.45) is 1.13. The van der Waals surface area contributed by atoms with E-state index in [9.17, 15) is 4.79 Å². The summed E-state index contributed by atoms with van der Waals surface area (Å²) in [5.74, 6) is 1.29. The van der Waals surface area contributed by atoms with Gasteiger partial charge in [-0.05, 0) is 25.3 Å². The molecule has 1 unspecified atom stereocenters. The van der Waals surface area contributed by atoms with E-state index in [2.05, 4.69) is 33.0 Å². The van der Waals surface area contributed by atoms with Crippen LogP contribution in [-0.4, -0.2) is 36.7 Å². The monoisotopic (exact) mass is 261 g/mol. The van der Waals surface area contributed by atoms with Crippen molar-refractivity contribution in [1.82, 2.24) is 5.32 Å². The van der Waals surface area contributed by atoms with Gasteiger partial charge in [0, 0.05) is 11.8 Å². The van der Waals surface area contributed by atoms with Gasteiger partial charge >= 0.3 is 5.97 Å². The SMILES string of the molecule is CCCNC(CSCC(=O)OCC)C(C)(C)C. The predicted molar refractivity (Wildman–Crippen MR) is 75.5 cm³/mol. The highest BCUT2D eigenvalue weighted by atomic mass is 32.2. The van der Waals surface area contributed by atoms with Crippen molar-refractivity contribution in [2.24, 2.45) is 5.41 Å². The maximum atomic E-state index is 11.2. The molecule has 0 spiro atoms. The summed E-state index contributed by atoms with van der Waals surface area (Å²) in [6.45, 7) is 12.2. The van der Waals surface area contributed by atoms with Gasteiger partial charge in [-0.25, -0.2) is 0 Å². The maximum absolute atomic E-state index is 11.2. The van der Waals surface area contributed by atoms with Crippen LogP contribution in [0.2, 0.25) is 0 Å². The molecule has 1 atom stereocenters. The fraction of sp³-hybridized carbons (Fsp3) is 0.923. The Morgan fingerprint density at radius 3 is 2.47 bits per heavy atom. The zero-order valence-electron chi connectivity index (χ0n) is 11.8. The Kier molecular flexibility index (Phi) is 8.70. The van der Waals surface area contributed by atoms with Gasteiger partial charge in [-0.3, -0.25) is 4.79 Å². The van der Waals surface area contributed by atoms with Crippen molar-refractivity contribution in [1.29, 1.82) is 0 Å². The summed E-state index contributed by atoms with van der Waals surface area (Å²) < 4.78 is 4.91. The molecule has 3 nitrogen and oxygen atoms in total. The van der Waals surface area contributed by atoms with Crippen molar-refractivity contribution in [3.8, 4) is 0 Å². The third-order valence-corrected chi connectivity index (χ3v) is 3.50. The molecule has 0 aromatic rings. The van der Waals surface area contributed by atoms with E-state index in [0.717, 1.165) is 18.7 Å². The molecule has 0 rings (SSSR count). The lowest BCUT2D eigenvalue weighted by Gasteiger charge is -2.31. The summed E-state index contributed by atoms with van der Waals surface area (Å²) in [5.41, 5.74) is 0.219. The van der Waals surface area contributed by atoms with Gasteiger partial charge in [-0.15, -0.1) is 11.8 Å². The molecule has 0 heterocycles. The molecular formula is C13H27NO2S. The predicted octanol–water partition coefficient (Wildman–Crippen LogP) is 2.70. The van der Waals surface area contributed by atoms with Crippen LogP contribution in [0.15, 0.2) is 0 Å². The van der Waals surface area contributed by atoms with Crippen molar-refractivity contribution in [3.63, 3.8) is 0 Å². The Hall–Kier alpha value is -0.220. The van der Waals surface area contributed by atoms with E-state index in [4.69, 9.17) is 4.74 Å². The number of carbonyl (C=O) groups excluding carboxylic acids is 1. The van der Waals surface area contributed by atoms with E-state index in [0.29, 0.717) is 18.4 Å². The average Bonchev–Trinajstić information content (AvgIpc) is 2.21. The topological polar surface area (TPSA) is 38.3 Å². The Bertz CT molecular complexity index is 214. The number of carbonyl (C=O) groups is 1. The first-order chi connectivity index (χ1) is 7.91. The Balaban J connectivity index is 3.96. The van der Waals surface area contributed by atoms with Crippen LogP contribution in [0.1, 0.15) is 41.0 Å². The zero-order valence-corrected chi connectivity index (χ0v) is 12.7. The maximum Gasteiger partial charge on any atom is 0.315 e. The summed E-state index contributed by atoms with van der Waals surface area (Å²) in [7, 11) is 0. The van der Waals surface area contributed by atoms with Gasteiger partial charge in [0.05, 0.1) is 12.4 Å². The number of nitrogens with one attached hydrogen (secondary N) is 1. The van der Waals surface area contributed by atoms with Gasteiger partial charge in [0.1, 0.15) is 0 Å². The molecule has 102 valence electrons. The van der Waals surface area contributed by atoms with E-state index >= 15 is 0 Å². The minimum Gasteiger partial charge on any atom is -0.465 e. The summed E-state index contributed by atoms with van der Waals surface area (Å²) in [5, 5.41) is 3.54. The number of hydrogen-bond donors (Lipinski definition) is 1. The molecule has 0 bridgehead atoms. The minimum absolute atomic E-state index is 0.111. The highest BCUT2D eigenvalue weighted by Gasteiger charge is 2.23. The molecule has 4 heteroatoms. The lowest BCUT2D eigenvalue weighted by Crippen LogP contribution is -2.42. The molecule has 0 radical (unpaired) electrons. The van der Waals surface area contributed by atoms with E-state index in [1.54, 1.807) is 11.8 Å². The molecule has 17 heavy (non-hydrogen) atoms. The second-order valence-corrected chi connectivity index (χ2v) is 6.22. The first-order valence-electron chi connectivity index (χ1n) is 6.38. The largest absolute Gasteiger partial charge is 0.465 e. The number of thioether (sulfide) groups is 1. The average molecular weight is 261 g/mol. The molecule has 1 N–H and O–H groups in total. The fourth-order valence-electron chi connectivity index (χ4n) is 1.40. The van der Waals surface area contributed by atoms with Crippen LogP contribution in [-0.2, 0) is 9.53 Å². The first kappa shape index (κ1) is 16.8. The molecule has 0 amide bonds. The number of rotatable bonds is 8. The normalized spacial score (nSPS) is 13.5. The van der Waals surface area contributed by atoms with Crippen LogP contribution in [0.3, 0.4) is 0 Å². The number of esters is 1. The molecule has 0 aliphatic heterocycles. The lowest BCUT2D eigenvalue weighted by molar-refractivity contribution is -0.139. The second kappa shape index (κ2) is 8.81. The van der Waals surface area contributed by atoms with Gasteiger partial charge in [0.2, 0.25) is 0 Å². The first-order valence-corrected chi connectivity index (χ1v) is 7.54. The fourth-order valence-corrected chi connectivity index (χ4v) is 2.62. The lowest BCUT2D eigenvalue weighted by atomic mass is 9.88. The summed E-state index contributed by atoms with van der Waals surface area (Å²) in [6, 6.07) is 0.432. The van der Waals surface area contributed by atoms with Crippen LogP contribution in [0.5, 0.6) is 0 Å². The van der Waals surface area contributed by atoms with Crippen molar-refractivity contribution in [2.45, 2.75) is 47.1 Å². The molecule has 0 aliphatic rings. The quantitative estimate of drug-likeness (QED) is 0.682. The molecule has 0 saturated heterocycles. The van der Waals surface area contributed by atoms with Crippen molar-refractivity contribution in [3.05, 3.63) is 0 Å². The van der Waals surface area contributed by atoms with Gasteiger partial charge in [0.15, 0.2) is 0 Å². The Morgan fingerprint density at radius 2 is 2.00 bits per heavy atom. The number of hydrogen-bond acceptors (Lipinski definition) is 4. The molecule has 0 fully saturated rings. The van der Waals surface area contributed by atoms with Crippen molar-refractivity contribution in [2.75, 3.05) is 24.7 Å². The standard InChI is InChI=1S/C13H27NO2S/c1-6-8-14-11(13(3,4)5)9-17-10-12(15)16-7-2/h11,14H,6-10H2,1-5H3. The molecular weight excluding hydrogens is 234 g/mol. The molecule has 0 saturated carbocycles. The van der Waals surface area contributed by atoms with E-state index < -0.39 is 0 Å². The van der Waals surface area contributed by atoms with Gasteiger partial charge in [-0.1, -0.05) is 27.7 Å². The third-order valence-electron chi connectivity index (χ3n) is 2.50. The summed E-state index contributed by atoms with van der Waals surface area (Å²) >= 11 is 1.65.